The van der Waals surface area contributed by atoms with Crippen LogP contribution < -0.4 is 10.6 Å². The average Bonchev–Trinajstić information content (AvgIpc) is 2.80. The first kappa shape index (κ1) is 25.1. The maximum absolute atomic E-state index is 13.6. The van der Waals surface area contributed by atoms with Gasteiger partial charge < -0.3 is 10.6 Å². The van der Waals surface area contributed by atoms with Crippen LogP contribution in [0, 0.1) is 12.7 Å². The summed E-state index contributed by atoms with van der Waals surface area (Å²) in [5.41, 5.74) is 1.07. The molecule has 33 heavy (non-hydrogen) atoms. The molecule has 0 spiro atoms. The molecule has 0 saturated carbocycles. The molecule has 2 aromatic carbocycles. The number of rotatable bonds is 7. The van der Waals surface area contributed by atoms with Crippen LogP contribution in [0.4, 0.5) is 4.39 Å². The minimum atomic E-state index is -3.79. The molecule has 2 amide bonds. The van der Waals surface area contributed by atoms with E-state index in [0.717, 1.165) is 24.5 Å². The SMILES string of the molecule is Cc1cc(S(=O)(=O)N2CCCC[C@@H]2CCNC(=O)C(=O)NCc2ccc(Cl)cc2)ccc1F. The van der Waals surface area contributed by atoms with Crippen molar-refractivity contribution in [1.29, 1.82) is 0 Å². The summed E-state index contributed by atoms with van der Waals surface area (Å²) in [4.78, 5) is 24.2. The molecule has 0 aromatic heterocycles. The Labute approximate surface area is 198 Å². The van der Waals surface area contributed by atoms with Gasteiger partial charge in [-0.05, 0) is 67.6 Å². The number of nitrogens with one attached hydrogen (secondary N) is 2. The third-order valence-corrected chi connectivity index (χ3v) is 7.84. The van der Waals surface area contributed by atoms with Gasteiger partial charge in [0.05, 0.1) is 4.90 Å². The number of piperidine rings is 1. The zero-order valence-electron chi connectivity index (χ0n) is 18.3. The quantitative estimate of drug-likeness (QED) is 0.577. The second-order valence-corrected chi connectivity index (χ2v) is 10.4. The first-order chi connectivity index (χ1) is 15.7. The van der Waals surface area contributed by atoms with Crippen LogP contribution in [0.1, 0.15) is 36.8 Å². The minimum absolute atomic E-state index is 0.0545. The Morgan fingerprint density at radius 1 is 1.09 bits per heavy atom. The van der Waals surface area contributed by atoms with Crippen LogP contribution >= 0.6 is 11.6 Å². The van der Waals surface area contributed by atoms with E-state index in [4.69, 9.17) is 11.6 Å². The number of benzene rings is 2. The molecule has 7 nitrogen and oxygen atoms in total. The van der Waals surface area contributed by atoms with Gasteiger partial charge in [0, 0.05) is 30.7 Å². The lowest BCUT2D eigenvalue weighted by Crippen LogP contribution is -2.46. The number of halogens is 2. The van der Waals surface area contributed by atoms with Crippen molar-refractivity contribution in [1.82, 2.24) is 14.9 Å². The number of nitrogens with zero attached hydrogens (tertiary/aromatic N) is 1. The zero-order valence-corrected chi connectivity index (χ0v) is 19.9. The van der Waals surface area contributed by atoms with Crippen molar-refractivity contribution >= 4 is 33.4 Å². The van der Waals surface area contributed by atoms with Crippen molar-refractivity contribution in [3.05, 3.63) is 64.4 Å². The Morgan fingerprint density at radius 2 is 1.79 bits per heavy atom. The monoisotopic (exact) mass is 495 g/mol. The fourth-order valence-electron chi connectivity index (χ4n) is 3.79. The Kier molecular flexibility index (Phi) is 8.45. The predicted octanol–water partition coefficient (Wildman–Crippen LogP) is 3.15. The third-order valence-electron chi connectivity index (χ3n) is 5.64. The largest absolute Gasteiger partial charge is 0.348 e. The third kappa shape index (κ3) is 6.52. The molecular formula is C23H27ClFN3O4S. The summed E-state index contributed by atoms with van der Waals surface area (Å²) in [6.07, 6.45) is 2.62. The molecule has 0 unspecified atom stereocenters. The van der Waals surface area contributed by atoms with E-state index < -0.39 is 27.7 Å². The maximum Gasteiger partial charge on any atom is 0.309 e. The first-order valence-electron chi connectivity index (χ1n) is 10.8. The summed E-state index contributed by atoms with van der Waals surface area (Å²) in [7, 11) is -3.79. The lowest BCUT2D eigenvalue weighted by Gasteiger charge is -2.34. The Bertz CT molecular complexity index is 1110. The summed E-state index contributed by atoms with van der Waals surface area (Å²) < 4.78 is 41.3. The highest BCUT2D eigenvalue weighted by Gasteiger charge is 2.33. The molecule has 1 aliphatic rings. The molecule has 1 saturated heterocycles. The van der Waals surface area contributed by atoms with Crippen LogP contribution in [0.2, 0.25) is 5.02 Å². The van der Waals surface area contributed by atoms with Gasteiger partial charge in [-0.25, -0.2) is 12.8 Å². The van der Waals surface area contributed by atoms with Gasteiger partial charge in [0.25, 0.3) is 0 Å². The lowest BCUT2D eigenvalue weighted by atomic mass is 10.0. The van der Waals surface area contributed by atoms with Crippen molar-refractivity contribution in [2.75, 3.05) is 13.1 Å². The molecular weight excluding hydrogens is 469 g/mol. The summed E-state index contributed by atoms with van der Waals surface area (Å²) in [6, 6.07) is 10.3. The second kappa shape index (κ2) is 11.1. The fourth-order valence-corrected chi connectivity index (χ4v) is 5.72. The van der Waals surface area contributed by atoms with Crippen LogP contribution in [-0.4, -0.2) is 43.7 Å². The standard InChI is InChI=1S/C23H27ClFN3O4S/c1-16-14-20(9-10-21(16)25)33(31,32)28-13-3-2-4-19(28)11-12-26-22(29)23(30)27-15-17-5-7-18(24)8-6-17/h5-10,14,19H,2-4,11-13,15H2,1H3,(H,26,29)(H,27,30)/t19-/m1/s1. The van der Waals surface area contributed by atoms with E-state index in [1.165, 1.54) is 23.4 Å². The molecule has 1 fully saturated rings. The zero-order chi connectivity index (χ0) is 24.0. The molecule has 1 aliphatic heterocycles. The van der Waals surface area contributed by atoms with Gasteiger partial charge >= 0.3 is 11.8 Å². The molecule has 1 atom stereocenters. The van der Waals surface area contributed by atoms with Crippen molar-refractivity contribution in [3.63, 3.8) is 0 Å². The van der Waals surface area contributed by atoms with Gasteiger partial charge in [-0.1, -0.05) is 30.2 Å². The van der Waals surface area contributed by atoms with E-state index >= 15 is 0 Å². The molecule has 1 heterocycles. The van der Waals surface area contributed by atoms with E-state index in [2.05, 4.69) is 10.6 Å². The van der Waals surface area contributed by atoms with Gasteiger partial charge in [0.2, 0.25) is 10.0 Å². The summed E-state index contributed by atoms with van der Waals surface area (Å²) in [5, 5.41) is 5.68. The molecule has 0 radical (unpaired) electrons. The van der Waals surface area contributed by atoms with E-state index in [0.29, 0.717) is 24.4 Å². The summed E-state index contributed by atoms with van der Waals surface area (Å²) in [5.74, 6) is -2.00. The maximum atomic E-state index is 13.6. The normalized spacial score (nSPS) is 16.9. The molecule has 0 bridgehead atoms. The van der Waals surface area contributed by atoms with Crippen LogP contribution in [0.15, 0.2) is 47.4 Å². The highest BCUT2D eigenvalue weighted by Crippen LogP contribution is 2.27. The van der Waals surface area contributed by atoms with E-state index in [1.54, 1.807) is 24.3 Å². The number of sulfonamides is 1. The predicted molar refractivity (Wildman–Crippen MR) is 124 cm³/mol. The number of hydrogen-bond donors (Lipinski definition) is 2. The number of amides is 2. The smallest absolute Gasteiger partial charge is 0.309 e. The molecule has 2 aromatic rings. The van der Waals surface area contributed by atoms with E-state index in [1.807, 2.05) is 0 Å². The van der Waals surface area contributed by atoms with E-state index in [-0.39, 0.29) is 29.6 Å². The molecule has 0 aliphatic carbocycles. The second-order valence-electron chi connectivity index (χ2n) is 8.03. The molecule has 3 rings (SSSR count). The lowest BCUT2D eigenvalue weighted by molar-refractivity contribution is -0.139. The van der Waals surface area contributed by atoms with Crippen molar-refractivity contribution in [3.8, 4) is 0 Å². The van der Waals surface area contributed by atoms with Crippen LogP contribution in [0.5, 0.6) is 0 Å². The van der Waals surface area contributed by atoms with Crippen molar-refractivity contribution in [2.24, 2.45) is 0 Å². The van der Waals surface area contributed by atoms with Gasteiger partial charge in [-0.2, -0.15) is 4.31 Å². The van der Waals surface area contributed by atoms with Crippen LogP contribution in [0.25, 0.3) is 0 Å². The highest BCUT2D eigenvalue weighted by molar-refractivity contribution is 7.89. The topological polar surface area (TPSA) is 95.6 Å². The Hall–Kier alpha value is -2.49. The van der Waals surface area contributed by atoms with Gasteiger partial charge in [0.1, 0.15) is 5.82 Å². The van der Waals surface area contributed by atoms with Crippen LogP contribution in [-0.2, 0) is 26.2 Å². The van der Waals surface area contributed by atoms with Gasteiger partial charge in [-0.15, -0.1) is 0 Å². The number of hydrogen-bond acceptors (Lipinski definition) is 4. The van der Waals surface area contributed by atoms with Gasteiger partial charge in [-0.3, -0.25) is 9.59 Å². The number of aryl methyl sites for hydroxylation is 1. The molecule has 178 valence electrons. The van der Waals surface area contributed by atoms with E-state index in [9.17, 15) is 22.4 Å². The summed E-state index contributed by atoms with van der Waals surface area (Å²) in [6.45, 7) is 2.23. The van der Waals surface area contributed by atoms with Gasteiger partial charge in [0.15, 0.2) is 0 Å². The summed E-state index contributed by atoms with van der Waals surface area (Å²) >= 11 is 5.82. The molecule has 2 N–H and O–H groups in total. The Balaban J connectivity index is 1.54. The Morgan fingerprint density at radius 3 is 2.48 bits per heavy atom. The fraction of sp³-hybridized carbons (Fsp3) is 0.391. The highest BCUT2D eigenvalue weighted by atomic mass is 35.5. The van der Waals surface area contributed by atoms with Crippen molar-refractivity contribution in [2.45, 2.75) is 50.1 Å². The molecule has 10 heteroatoms. The minimum Gasteiger partial charge on any atom is -0.348 e. The van der Waals surface area contributed by atoms with Crippen LogP contribution in [0.3, 0.4) is 0 Å². The number of carbonyl (C=O) groups is 2. The van der Waals surface area contributed by atoms with Crippen molar-refractivity contribution < 1.29 is 22.4 Å². The first-order valence-corrected chi connectivity index (χ1v) is 12.6. The number of carbonyl (C=O) groups excluding carboxylic acids is 2. The average molecular weight is 496 g/mol.